The second-order valence-electron chi connectivity index (χ2n) is 3.12. The number of anilines is 1. The maximum atomic E-state index is 13.1. The first-order valence-electron chi connectivity index (χ1n) is 4.02. The average Bonchev–Trinajstić information content (AvgIpc) is 2.01. The monoisotopic (exact) mass is 166 g/mol. The third-order valence-corrected chi connectivity index (χ3v) is 2.10. The molecule has 0 spiro atoms. The van der Waals surface area contributed by atoms with E-state index in [2.05, 4.69) is 0 Å². The Hall–Kier alpha value is -1.09. The third-order valence-electron chi connectivity index (χ3n) is 2.10. The van der Waals surface area contributed by atoms with E-state index in [1.165, 1.54) is 6.07 Å². The smallest absolute Gasteiger partial charge is 0.146 e. The standard InChI is InChI=1S/C9H11FN2/c10-8-3-1-2-4-9(8)12-5-7(11)6-12/h1-4,7H,5-6,11H2. The summed E-state index contributed by atoms with van der Waals surface area (Å²) in [4.78, 5) is 1.94. The van der Waals surface area contributed by atoms with Crippen molar-refractivity contribution >= 4 is 5.69 Å². The number of hydrogen-bond donors (Lipinski definition) is 1. The highest BCUT2D eigenvalue weighted by molar-refractivity contribution is 5.50. The maximum Gasteiger partial charge on any atom is 0.146 e. The Morgan fingerprint density at radius 1 is 1.33 bits per heavy atom. The first-order chi connectivity index (χ1) is 5.77. The molecule has 1 aliphatic rings. The van der Waals surface area contributed by atoms with Gasteiger partial charge in [0.25, 0.3) is 0 Å². The fraction of sp³-hybridized carbons (Fsp3) is 0.333. The summed E-state index contributed by atoms with van der Waals surface area (Å²) in [6, 6.07) is 6.99. The molecule has 0 atom stereocenters. The Bertz CT molecular complexity index is 282. The van der Waals surface area contributed by atoms with Gasteiger partial charge >= 0.3 is 0 Å². The highest BCUT2D eigenvalue weighted by Gasteiger charge is 2.24. The Balaban J connectivity index is 2.18. The normalized spacial score (nSPS) is 17.7. The van der Waals surface area contributed by atoms with Crippen LogP contribution in [0, 0.1) is 5.82 Å². The van der Waals surface area contributed by atoms with Crippen molar-refractivity contribution in [2.24, 2.45) is 5.73 Å². The second-order valence-corrected chi connectivity index (χ2v) is 3.12. The fourth-order valence-corrected chi connectivity index (χ4v) is 1.42. The summed E-state index contributed by atoms with van der Waals surface area (Å²) >= 11 is 0. The molecule has 1 aliphatic heterocycles. The van der Waals surface area contributed by atoms with E-state index in [1.807, 2.05) is 11.0 Å². The highest BCUT2D eigenvalue weighted by Crippen LogP contribution is 2.22. The average molecular weight is 166 g/mol. The molecule has 0 bridgehead atoms. The van der Waals surface area contributed by atoms with Gasteiger partial charge in [0.2, 0.25) is 0 Å². The largest absolute Gasteiger partial charge is 0.366 e. The molecule has 1 aromatic carbocycles. The predicted octanol–water partition coefficient (Wildman–Crippen LogP) is 0.973. The zero-order valence-electron chi connectivity index (χ0n) is 6.70. The summed E-state index contributed by atoms with van der Waals surface area (Å²) in [5.41, 5.74) is 6.26. The highest BCUT2D eigenvalue weighted by atomic mass is 19.1. The van der Waals surface area contributed by atoms with Gasteiger partial charge in [0.05, 0.1) is 5.69 Å². The van der Waals surface area contributed by atoms with Crippen molar-refractivity contribution in [3.8, 4) is 0 Å². The molecular formula is C9H11FN2. The minimum absolute atomic E-state index is 0.163. The van der Waals surface area contributed by atoms with Crippen molar-refractivity contribution in [1.82, 2.24) is 0 Å². The summed E-state index contributed by atoms with van der Waals surface area (Å²) in [6.45, 7) is 1.53. The maximum absolute atomic E-state index is 13.1. The first kappa shape index (κ1) is 7.55. The molecule has 0 radical (unpaired) electrons. The number of para-hydroxylation sites is 1. The van der Waals surface area contributed by atoms with Crippen LogP contribution in [0.15, 0.2) is 24.3 Å². The van der Waals surface area contributed by atoms with Crippen LogP contribution in [-0.4, -0.2) is 19.1 Å². The van der Waals surface area contributed by atoms with Gasteiger partial charge < -0.3 is 10.6 Å². The van der Waals surface area contributed by atoms with E-state index in [1.54, 1.807) is 12.1 Å². The van der Waals surface area contributed by atoms with Gasteiger partial charge in [-0.3, -0.25) is 0 Å². The van der Waals surface area contributed by atoms with Crippen LogP contribution in [0.1, 0.15) is 0 Å². The van der Waals surface area contributed by atoms with E-state index in [-0.39, 0.29) is 11.9 Å². The van der Waals surface area contributed by atoms with Crippen molar-refractivity contribution in [3.05, 3.63) is 30.1 Å². The van der Waals surface area contributed by atoms with Crippen molar-refractivity contribution in [2.45, 2.75) is 6.04 Å². The van der Waals surface area contributed by atoms with Crippen LogP contribution in [0.5, 0.6) is 0 Å². The molecule has 0 aliphatic carbocycles. The lowest BCUT2D eigenvalue weighted by Crippen LogP contribution is -2.56. The minimum atomic E-state index is -0.163. The van der Waals surface area contributed by atoms with Crippen LogP contribution in [-0.2, 0) is 0 Å². The van der Waals surface area contributed by atoms with E-state index >= 15 is 0 Å². The fourth-order valence-electron chi connectivity index (χ4n) is 1.42. The number of nitrogens with zero attached hydrogens (tertiary/aromatic N) is 1. The molecule has 3 heteroatoms. The van der Waals surface area contributed by atoms with Crippen LogP contribution in [0.25, 0.3) is 0 Å². The van der Waals surface area contributed by atoms with Gasteiger partial charge in [-0.25, -0.2) is 4.39 Å². The molecule has 0 aromatic heterocycles. The Morgan fingerprint density at radius 2 is 2.00 bits per heavy atom. The number of halogens is 1. The third kappa shape index (κ3) is 1.16. The van der Waals surface area contributed by atoms with Crippen molar-refractivity contribution in [2.75, 3.05) is 18.0 Å². The Morgan fingerprint density at radius 3 is 2.58 bits per heavy atom. The van der Waals surface area contributed by atoms with Gasteiger partial charge in [0.1, 0.15) is 5.82 Å². The molecule has 1 fully saturated rings. The molecule has 1 aromatic rings. The van der Waals surface area contributed by atoms with E-state index in [9.17, 15) is 4.39 Å². The summed E-state index contributed by atoms with van der Waals surface area (Å²) < 4.78 is 13.1. The van der Waals surface area contributed by atoms with Crippen molar-refractivity contribution in [1.29, 1.82) is 0 Å². The van der Waals surface area contributed by atoms with Crippen LogP contribution < -0.4 is 10.6 Å². The minimum Gasteiger partial charge on any atom is -0.366 e. The van der Waals surface area contributed by atoms with Crippen LogP contribution in [0.3, 0.4) is 0 Å². The van der Waals surface area contributed by atoms with Gasteiger partial charge in [0, 0.05) is 19.1 Å². The molecule has 2 rings (SSSR count). The first-order valence-corrected chi connectivity index (χ1v) is 4.02. The number of rotatable bonds is 1. The quantitative estimate of drug-likeness (QED) is 0.673. The Labute approximate surface area is 70.8 Å². The molecule has 64 valence electrons. The SMILES string of the molecule is NC1CN(c2ccccc2F)C1. The van der Waals surface area contributed by atoms with Crippen LogP contribution in [0.4, 0.5) is 10.1 Å². The summed E-state index contributed by atoms with van der Waals surface area (Å²) in [5.74, 6) is -0.163. The zero-order valence-corrected chi connectivity index (χ0v) is 6.70. The summed E-state index contributed by atoms with van der Waals surface area (Å²) in [5, 5.41) is 0. The summed E-state index contributed by atoms with van der Waals surface area (Å²) in [6.07, 6.45) is 0. The molecule has 2 nitrogen and oxygen atoms in total. The molecule has 1 heterocycles. The number of benzene rings is 1. The molecule has 0 saturated carbocycles. The van der Waals surface area contributed by atoms with E-state index in [4.69, 9.17) is 5.73 Å². The lowest BCUT2D eigenvalue weighted by atomic mass is 10.1. The number of nitrogens with two attached hydrogens (primary N) is 1. The molecular weight excluding hydrogens is 155 g/mol. The zero-order chi connectivity index (χ0) is 8.55. The number of hydrogen-bond acceptors (Lipinski definition) is 2. The van der Waals surface area contributed by atoms with Gasteiger partial charge in [-0.15, -0.1) is 0 Å². The lowest BCUT2D eigenvalue weighted by Gasteiger charge is -2.38. The topological polar surface area (TPSA) is 29.3 Å². The van der Waals surface area contributed by atoms with Crippen LogP contribution >= 0.6 is 0 Å². The molecule has 0 unspecified atom stereocenters. The predicted molar refractivity (Wildman–Crippen MR) is 46.6 cm³/mol. The molecule has 2 N–H and O–H groups in total. The van der Waals surface area contributed by atoms with Crippen LogP contribution in [0.2, 0.25) is 0 Å². The Kier molecular flexibility index (Phi) is 1.73. The van der Waals surface area contributed by atoms with E-state index < -0.39 is 0 Å². The summed E-state index contributed by atoms with van der Waals surface area (Å²) in [7, 11) is 0. The molecule has 1 saturated heterocycles. The molecule has 0 amide bonds. The van der Waals surface area contributed by atoms with Crippen molar-refractivity contribution < 1.29 is 4.39 Å². The van der Waals surface area contributed by atoms with E-state index in [0.717, 1.165) is 13.1 Å². The van der Waals surface area contributed by atoms with Gasteiger partial charge in [0.15, 0.2) is 0 Å². The lowest BCUT2D eigenvalue weighted by molar-refractivity contribution is 0.505. The van der Waals surface area contributed by atoms with Gasteiger partial charge in [-0.05, 0) is 12.1 Å². The molecule has 12 heavy (non-hydrogen) atoms. The van der Waals surface area contributed by atoms with Gasteiger partial charge in [-0.1, -0.05) is 12.1 Å². The van der Waals surface area contributed by atoms with E-state index in [0.29, 0.717) is 5.69 Å². The van der Waals surface area contributed by atoms with Gasteiger partial charge in [-0.2, -0.15) is 0 Å². The second kappa shape index (κ2) is 2.75. The van der Waals surface area contributed by atoms with Crippen molar-refractivity contribution in [3.63, 3.8) is 0 Å².